The number of aliphatic hydroxyl groups is 1. The molecule has 0 bridgehead atoms. The first-order chi connectivity index (χ1) is 16.4. The van der Waals surface area contributed by atoms with Gasteiger partial charge in [0.25, 0.3) is 0 Å². The molecule has 0 rings (SSSR count). The zero-order valence-corrected chi connectivity index (χ0v) is 22.0. The molecule has 202 valence electrons. The number of aliphatic carboxylic acids is 1. The molecule has 0 aliphatic carbocycles. The molecule has 2 atom stereocenters. The van der Waals surface area contributed by atoms with Crippen LogP contribution in [0.4, 0.5) is 0 Å². The smallest absolute Gasteiger partial charge is 0.312 e. The van der Waals surface area contributed by atoms with Gasteiger partial charge in [-0.3, -0.25) is 9.59 Å². The van der Waals surface area contributed by atoms with E-state index in [-0.39, 0.29) is 44.0 Å². The third-order valence-electron chi connectivity index (χ3n) is 6.54. The fourth-order valence-electron chi connectivity index (χ4n) is 4.48. The van der Waals surface area contributed by atoms with Crippen LogP contribution in [0, 0.1) is 17.3 Å². The van der Waals surface area contributed by atoms with E-state index in [4.69, 9.17) is 29.2 Å². The summed E-state index contributed by atoms with van der Waals surface area (Å²) in [7, 11) is 0. The Kier molecular flexibility index (Phi) is 20.3. The molecule has 2 unspecified atom stereocenters. The minimum atomic E-state index is -0.833. The molecule has 0 saturated carbocycles. The molecule has 0 radical (unpaired) electrons. The molecule has 0 aromatic heterocycles. The quantitative estimate of drug-likeness (QED) is 0.151. The first-order valence-corrected chi connectivity index (χ1v) is 13.1. The van der Waals surface area contributed by atoms with Crippen molar-refractivity contribution in [2.24, 2.45) is 17.3 Å². The van der Waals surface area contributed by atoms with Gasteiger partial charge in [0.1, 0.15) is 6.61 Å². The van der Waals surface area contributed by atoms with E-state index >= 15 is 0 Å². The lowest BCUT2D eigenvalue weighted by atomic mass is 9.62. The molecule has 0 heterocycles. The SMILES string of the molecule is CCCCC(C)C(CCCC(=O)O)(C(=O)OCCOCCOCCOCCO)C(C)CCCC. The van der Waals surface area contributed by atoms with Crippen LogP contribution in [0.25, 0.3) is 0 Å². The number of ether oxygens (including phenoxy) is 4. The first-order valence-electron chi connectivity index (χ1n) is 13.1. The number of carbonyl (C=O) groups excluding carboxylic acids is 1. The largest absolute Gasteiger partial charge is 0.481 e. The normalized spacial score (nSPS) is 15.0. The van der Waals surface area contributed by atoms with E-state index in [0.29, 0.717) is 45.9 Å². The standard InChI is InChI=1S/C26H50O8/c1-5-7-10-22(3)26(13-9-12-24(28)29,23(4)11-8-6-2)25(30)34-21-20-33-19-18-32-17-16-31-15-14-27/h22-23,27H,5-21H2,1-4H3,(H,28,29). The maximum Gasteiger partial charge on any atom is 0.312 e. The summed E-state index contributed by atoms with van der Waals surface area (Å²) < 4.78 is 21.8. The molecule has 0 aromatic rings. The number of unbranched alkanes of at least 4 members (excludes halogenated alkanes) is 2. The lowest BCUT2D eigenvalue weighted by Crippen LogP contribution is -2.45. The second kappa shape index (κ2) is 21.1. The summed E-state index contributed by atoms with van der Waals surface area (Å²) >= 11 is 0. The van der Waals surface area contributed by atoms with Crippen LogP contribution < -0.4 is 0 Å². The summed E-state index contributed by atoms with van der Waals surface area (Å²) in [6.45, 7) is 10.9. The average Bonchev–Trinajstić information content (AvgIpc) is 2.81. The number of hydrogen-bond donors (Lipinski definition) is 2. The minimum absolute atomic E-state index is 0.00254. The van der Waals surface area contributed by atoms with Crippen LogP contribution in [0.15, 0.2) is 0 Å². The molecule has 0 saturated heterocycles. The number of carboxylic acids is 1. The second-order valence-corrected chi connectivity index (χ2v) is 9.07. The van der Waals surface area contributed by atoms with Gasteiger partial charge in [0.2, 0.25) is 0 Å². The van der Waals surface area contributed by atoms with E-state index in [0.717, 1.165) is 38.5 Å². The van der Waals surface area contributed by atoms with Crippen LogP contribution in [-0.4, -0.2) is 75.0 Å². The van der Waals surface area contributed by atoms with Gasteiger partial charge in [0.15, 0.2) is 0 Å². The third-order valence-corrected chi connectivity index (χ3v) is 6.54. The topological polar surface area (TPSA) is 112 Å². The van der Waals surface area contributed by atoms with E-state index < -0.39 is 11.4 Å². The van der Waals surface area contributed by atoms with E-state index in [2.05, 4.69) is 27.7 Å². The Balaban J connectivity index is 4.89. The van der Waals surface area contributed by atoms with Gasteiger partial charge in [-0.25, -0.2) is 0 Å². The average molecular weight is 491 g/mol. The fraction of sp³-hybridized carbons (Fsp3) is 0.923. The van der Waals surface area contributed by atoms with Crippen molar-refractivity contribution in [1.29, 1.82) is 0 Å². The molecular weight excluding hydrogens is 440 g/mol. The van der Waals surface area contributed by atoms with Gasteiger partial charge in [-0.15, -0.1) is 0 Å². The van der Waals surface area contributed by atoms with Gasteiger partial charge in [-0.05, 0) is 37.5 Å². The first kappa shape index (κ1) is 32.8. The van der Waals surface area contributed by atoms with Gasteiger partial charge in [-0.2, -0.15) is 0 Å². The Morgan fingerprint density at radius 1 is 0.765 bits per heavy atom. The lowest BCUT2D eigenvalue weighted by Gasteiger charge is -2.42. The summed E-state index contributed by atoms with van der Waals surface area (Å²) in [6.07, 6.45) is 7.07. The van der Waals surface area contributed by atoms with Crippen molar-refractivity contribution in [2.45, 2.75) is 85.5 Å². The van der Waals surface area contributed by atoms with Crippen LogP contribution in [-0.2, 0) is 28.5 Å². The lowest BCUT2D eigenvalue weighted by molar-refractivity contribution is -0.167. The number of carboxylic acid groups (broad SMARTS) is 1. The summed E-state index contributed by atoms with van der Waals surface area (Å²) in [5.41, 5.74) is -0.683. The van der Waals surface area contributed by atoms with Crippen molar-refractivity contribution >= 4 is 11.9 Å². The maximum atomic E-state index is 13.5. The summed E-state index contributed by atoms with van der Waals surface area (Å²) in [5, 5.41) is 17.8. The molecule has 0 aliphatic heterocycles. The molecule has 0 spiro atoms. The number of esters is 1. The van der Waals surface area contributed by atoms with E-state index in [1.807, 2.05) is 0 Å². The molecule has 34 heavy (non-hydrogen) atoms. The van der Waals surface area contributed by atoms with Gasteiger partial charge < -0.3 is 29.2 Å². The van der Waals surface area contributed by atoms with Crippen LogP contribution in [0.5, 0.6) is 0 Å². The summed E-state index contributed by atoms with van der Waals surface area (Å²) in [6, 6.07) is 0. The molecule has 8 nitrogen and oxygen atoms in total. The maximum absolute atomic E-state index is 13.5. The zero-order chi connectivity index (χ0) is 25.7. The number of carbonyl (C=O) groups is 2. The van der Waals surface area contributed by atoms with Crippen molar-refractivity contribution in [2.75, 3.05) is 52.9 Å². The molecule has 0 amide bonds. The molecule has 8 heteroatoms. The van der Waals surface area contributed by atoms with Gasteiger partial charge in [0.05, 0.1) is 51.7 Å². The Morgan fingerprint density at radius 3 is 1.68 bits per heavy atom. The Bertz CT molecular complexity index is 497. The van der Waals surface area contributed by atoms with Crippen LogP contribution in [0.2, 0.25) is 0 Å². The minimum Gasteiger partial charge on any atom is -0.481 e. The Labute approximate surface area is 206 Å². The Morgan fingerprint density at radius 2 is 1.24 bits per heavy atom. The predicted octanol–water partition coefficient (Wildman–Crippen LogP) is 4.47. The van der Waals surface area contributed by atoms with Crippen molar-refractivity contribution in [3.05, 3.63) is 0 Å². The van der Waals surface area contributed by atoms with Crippen LogP contribution in [0.1, 0.15) is 85.5 Å². The van der Waals surface area contributed by atoms with E-state index in [1.54, 1.807) is 0 Å². The highest BCUT2D eigenvalue weighted by Gasteiger charge is 2.48. The van der Waals surface area contributed by atoms with Crippen molar-refractivity contribution in [3.8, 4) is 0 Å². The highest BCUT2D eigenvalue weighted by molar-refractivity contribution is 5.78. The molecular formula is C26H50O8. The summed E-state index contributed by atoms with van der Waals surface area (Å²) in [5.74, 6) is -0.822. The Hall–Kier alpha value is -1.22. The van der Waals surface area contributed by atoms with Crippen molar-refractivity contribution in [3.63, 3.8) is 0 Å². The van der Waals surface area contributed by atoms with Crippen LogP contribution >= 0.6 is 0 Å². The van der Waals surface area contributed by atoms with Gasteiger partial charge in [0, 0.05) is 6.42 Å². The molecule has 0 fully saturated rings. The van der Waals surface area contributed by atoms with Crippen molar-refractivity contribution in [1.82, 2.24) is 0 Å². The third kappa shape index (κ3) is 13.6. The molecule has 0 aromatic carbocycles. The number of aliphatic hydroxyl groups excluding tert-OH is 1. The zero-order valence-electron chi connectivity index (χ0n) is 22.0. The van der Waals surface area contributed by atoms with E-state index in [1.165, 1.54) is 0 Å². The fourth-order valence-corrected chi connectivity index (χ4v) is 4.48. The van der Waals surface area contributed by atoms with Gasteiger partial charge >= 0.3 is 11.9 Å². The molecule has 0 aliphatic rings. The summed E-state index contributed by atoms with van der Waals surface area (Å²) in [4.78, 5) is 24.7. The number of rotatable bonds is 24. The monoisotopic (exact) mass is 490 g/mol. The van der Waals surface area contributed by atoms with E-state index in [9.17, 15) is 9.59 Å². The second-order valence-electron chi connectivity index (χ2n) is 9.07. The highest BCUT2D eigenvalue weighted by atomic mass is 16.6. The highest BCUT2D eigenvalue weighted by Crippen LogP contribution is 2.46. The van der Waals surface area contributed by atoms with Crippen molar-refractivity contribution < 1.29 is 38.7 Å². The van der Waals surface area contributed by atoms with Crippen LogP contribution in [0.3, 0.4) is 0 Å². The predicted molar refractivity (Wildman–Crippen MR) is 132 cm³/mol. The van der Waals surface area contributed by atoms with Gasteiger partial charge in [-0.1, -0.05) is 53.4 Å². The number of hydrogen-bond acceptors (Lipinski definition) is 7. The molecule has 2 N–H and O–H groups in total.